The van der Waals surface area contributed by atoms with Gasteiger partial charge < -0.3 is 15.0 Å². The summed E-state index contributed by atoms with van der Waals surface area (Å²) in [5.41, 5.74) is 3.06. The van der Waals surface area contributed by atoms with Crippen molar-refractivity contribution in [3.8, 4) is 6.07 Å². The van der Waals surface area contributed by atoms with E-state index in [9.17, 15) is 14.7 Å². The molecule has 3 rings (SSSR count). The van der Waals surface area contributed by atoms with Crippen LogP contribution in [-0.4, -0.2) is 40.0 Å². The Hall–Kier alpha value is -3.85. The molecule has 1 amide bonds. The molecule has 0 spiro atoms. The number of fused-ring (bicyclic) bond motifs is 1. The second-order valence-corrected chi connectivity index (χ2v) is 6.43. The molecule has 0 aliphatic rings. The number of amides is 1. The first-order valence-electron chi connectivity index (χ1n) is 8.72. The van der Waals surface area contributed by atoms with Crippen molar-refractivity contribution in [2.24, 2.45) is 0 Å². The third-order valence-electron chi connectivity index (χ3n) is 4.65. The third kappa shape index (κ3) is 4.10. The van der Waals surface area contributed by atoms with E-state index >= 15 is 0 Å². The average molecular weight is 373 g/mol. The molecule has 1 heterocycles. The molecule has 0 saturated heterocycles. The fraction of sp³-hybridized carbons (Fsp3) is 0.136. The lowest BCUT2D eigenvalue weighted by molar-refractivity contribution is -0.147. The van der Waals surface area contributed by atoms with Gasteiger partial charge in [0.2, 0.25) is 5.91 Å². The van der Waals surface area contributed by atoms with Gasteiger partial charge >= 0.3 is 5.97 Å². The van der Waals surface area contributed by atoms with Crippen LogP contribution in [0.3, 0.4) is 0 Å². The second kappa shape index (κ2) is 8.23. The number of nitrogens with one attached hydrogen (secondary N) is 1. The number of hydrogen-bond donors (Lipinski definition) is 2. The van der Waals surface area contributed by atoms with Gasteiger partial charge in [-0.2, -0.15) is 5.26 Å². The molecule has 0 unspecified atom stereocenters. The van der Waals surface area contributed by atoms with Gasteiger partial charge in [0, 0.05) is 36.6 Å². The van der Waals surface area contributed by atoms with Crippen molar-refractivity contribution < 1.29 is 14.7 Å². The fourth-order valence-electron chi connectivity index (χ4n) is 3.01. The van der Waals surface area contributed by atoms with Crippen LogP contribution in [0.5, 0.6) is 0 Å². The number of H-pyrrole nitrogens is 1. The van der Waals surface area contributed by atoms with Crippen molar-refractivity contribution in [3.63, 3.8) is 0 Å². The molecule has 0 radical (unpaired) electrons. The van der Waals surface area contributed by atoms with E-state index in [-0.39, 0.29) is 6.42 Å². The van der Waals surface area contributed by atoms with Crippen molar-refractivity contribution in [1.82, 2.24) is 9.88 Å². The van der Waals surface area contributed by atoms with E-state index in [2.05, 4.69) is 4.98 Å². The summed E-state index contributed by atoms with van der Waals surface area (Å²) in [5, 5.41) is 19.4. The SMILES string of the molecule is CN(C(=O)C=Cc1ccc(C#N)cc1)[C@@H](Cc1c[nH]c2ccccc12)C(=O)O. The standard InChI is InChI=1S/C22H19N3O3/c1-25(21(26)11-10-15-6-8-16(13-23)9-7-15)20(22(27)28)12-17-14-24-19-5-3-2-4-18(17)19/h2-11,14,20,24H,12H2,1H3,(H,27,28)/t20-/m0/s1. The van der Waals surface area contributed by atoms with Crippen LogP contribution >= 0.6 is 0 Å². The quantitative estimate of drug-likeness (QED) is 0.648. The number of carboxylic acids is 1. The van der Waals surface area contributed by atoms with E-state index in [1.807, 2.05) is 30.3 Å². The molecular weight excluding hydrogens is 354 g/mol. The van der Waals surface area contributed by atoms with Gasteiger partial charge in [0.05, 0.1) is 11.6 Å². The van der Waals surface area contributed by atoms with E-state index in [4.69, 9.17) is 5.26 Å². The van der Waals surface area contributed by atoms with Crippen LogP contribution in [0, 0.1) is 11.3 Å². The molecule has 0 bridgehead atoms. The van der Waals surface area contributed by atoms with Gasteiger partial charge in [-0.05, 0) is 35.4 Å². The lowest BCUT2D eigenvalue weighted by Gasteiger charge is -2.23. The summed E-state index contributed by atoms with van der Waals surface area (Å²) in [6, 6.07) is 15.4. The first-order valence-corrected chi connectivity index (χ1v) is 8.72. The number of rotatable bonds is 6. The van der Waals surface area contributed by atoms with Crippen molar-refractivity contribution in [1.29, 1.82) is 5.26 Å². The maximum Gasteiger partial charge on any atom is 0.326 e. The van der Waals surface area contributed by atoms with Gasteiger partial charge in [-0.3, -0.25) is 4.79 Å². The number of carboxylic acid groups (broad SMARTS) is 1. The van der Waals surface area contributed by atoms with Crippen molar-refractivity contribution in [2.75, 3.05) is 7.05 Å². The van der Waals surface area contributed by atoms with Crippen molar-refractivity contribution in [3.05, 3.63) is 77.5 Å². The second-order valence-electron chi connectivity index (χ2n) is 6.43. The zero-order chi connectivity index (χ0) is 20.1. The Morgan fingerprint density at radius 1 is 1.21 bits per heavy atom. The number of carbonyl (C=O) groups excluding carboxylic acids is 1. The Labute approximate surface area is 162 Å². The highest BCUT2D eigenvalue weighted by Gasteiger charge is 2.26. The number of aliphatic carboxylic acids is 1. The Bertz CT molecular complexity index is 1070. The first-order chi connectivity index (χ1) is 13.5. The highest BCUT2D eigenvalue weighted by atomic mass is 16.4. The zero-order valence-corrected chi connectivity index (χ0v) is 15.3. The minimum Gasteiger partial charge on any atom is -0.480 e. The van der Waals surface area contributed by atoms with E-state index in [1.54, 1.807) is 36.5 Å². The van der Waals surface area contributed by atoms with Crippen LogP contribution in [0.4, 0.5) is 0 Å². The highest BCUT2D eigenvalue weighted by Crippen LogP contribution is 2.20. The Balaban J connectivity index is 1.75. The van der Waals surface area contributed by atoms with Crippen molar-refractivity contribution >= 4 is 28.9 Å². The first kappa shape index (κ1) is 18.9. The van der Waals surface area contributed by atoms with E-state index in [0.717, 1.165) is 22.0 Å². The van der Waals surface area contributed by atoms with Gasteiger partial charge in [-0.25, -0.2) is 4.79 Å². The molecule has 0 aliphatic heterocycles. The molecule has 0 aliphatic carbocycles. The largest absolute Gasteiger partial charge is 0.480 e. The smallest absolute Gasteiger partial charge is 0.326 e. The molecule has 2 aromatic carbocycles. The molecule has 28 heavy (non-hydrogen) atoms. The number of nitrogens with zero attached hydrogens (tertiary/aromatic N) is 2. The minimum atomic E-state index is -1.06. The van der Waals surface area contributed by atoms with E-state index in [1.165, 1.54) is 18.0 Å². The van der Waals surface area contributed by atoms with Crippen LogP contribution in [0.1, 0.15) is 16.7 Å². The fourth-order valence-corrected chi connectivity index (χ4v) is 3.01. The maximum absolute atomic E-state index is 12.5. The van der Waals surface area contributed by atoms with E-state index < -0.39 is 17.9 Å². The van der Waals surface area contributed by atoms with Crippen LogP contribution in [0.2, 0.25) is 0 Å². The van der Waals surface area contributed by atoms with Crippen LogP contribution in [-0.2, 0) is 16.0 Å². The maximum atomic E-state index is 12.5. The molecule has 2 N–H and O–H groups in total. The molecule has 1 atom stereocenters. The number of para-hydroxylation sites is 1. The van der Waals surface area contributed by atoms with Crippen LogP contribution in [0.15, 0.2) is 60.8 Å². The predicted molar refractivity (Wildman–Crippen MR) is 106 cm³/mol. The molecule has 0 fully saturated rings. The van der Waals surface area contributed by atoms with Gasteiger partial charge in [-0.15, -0.1) is 0 Å². The van der Waals surface area contributed by atoms with Crippen LogP contribution in [0.25, 0.3) is 17.0 Å². The summed E-state index contributed by atoms with van der Waals surface area (Å²) in [6.45, 7) is 0. The third-order valence-corrected chi connectivity index (χ3v) is 4.65. The molecule has 3 aromatic rings. The molecule has 140 valence electrons. The topological polar surface area (TPSA) is 97.2 Å². The molecular formula is C22H19N3O3. The summed E-state index contributed by atoms with van der Waals surface area (Å²) in [5.74, 6) is -1.47. The Morgan fingerprint density at radius 2 is 1.93 bits per heavy atom. The van der Waals surface area contributed by atoms with Gasteiger partial charge in [0.25, 0.3) is 0 Å². The Morgan fingerprint density at radius 3 is 2.61 bits per heavy atom. The summed E-state index contributed by atoms with van der Waals surface area (Å²) in [7, 11) is 1.49. The number of benzene rings is 2. The van der Waals surface area contributed by atoms with Gasteiger partial charge in [0.1, 0.15) is 6.04 Å². The lowest BCUT2D eigenvalue weighted by atomic mass is 10.0. The molecule has 0 saturated carbocycles. The molecule has 1 aromatic heterocycles. The van der Waals surface area contributed by atoms with E-state index in [0.29, 0.717) is 5.56 Å². The van der Waals surface area contributed by atoms with Crippen LogP contribution < -0.4 is 0 Å². The monoisotopic (exact) mass is 373 g/mol. The number of likely N-dealkylation sites (N-methyl/N-ethyl adjacent to an activating group) is 1. The Kier molecular flexibility index (Phi) is 5.56. The number of aromatic amines is 1. The normalized spacial score (nSPS) is 12.0. The number of aromatic nitrogens is 1. The summed E-state index contributed by atoms with van der Waals surface area (Å²) >= 11 is 0. The minimum absolute atomic E-state index is 0.201. The number of hydrogen-bond acceptors (Lipinski definition) is 3. The van der Waals surface area contributed by atoms with Gasteiger partial charge in [-0.1, -0.05) is 30.3 Å². The summed E-state index contributed by atoms with van der Waals surface area (Å²) < 4.78 is 0. The average Bonchev–Trinajstić information content (AvgIpc) is 3.12. The molecule has 6 nitrogen and oxygen atoms in total. The summed E-state index contributed by atoms with van der Waals surface area (Å²) in [6.07, 6.45) is 4.93. The van der Waals surface area contributed by atoms with Gasteiger partial charge in [0.15, 0.2) is 0 Å². The number of carbonyl (C=O) groups is 2. The molecule has 6 heteroatoms. The lowest BCUT2D eigenvalue weighted by Crippen LogP contribution is -2.43. The summed E-state index contributed by atoms with van der Waals surface area (Å²) in [4.78, 5) is 28.6. The zero-order valence-electron chi connectivity index (χ0n) is 15.3. The van der Waals surface area contributed by atoms with Crippen molar-refractivity contribution in [2.45, 2.75) is 12.5 Å². The predicted octanol–water partition coefficient (Wildman–Crippen LogP) is 3.21. The highest BCUT2D eigenvalue weighted by molar-refractivity contribution is 5.94. The number of nitriles is 1.